The Morgan fingerprint density at radius 1 is 1.13 bits per heavy atom. The van der Waals surface area contributed by atoms with Gasteiger partial charge in [-0.25, -0.2) is 14.3 Å². The summed E-state index contributed by atoms with van der Waals surface area (Å²) in [6.07, 6.45) is 3.44. The van der Waals surface area contributed by atoms with Crippen LogP contribution in [0.4, 0.5) is 16.4 Å². The minimum Gasteiger partial charge on any atom is -0.444 e. The third-order valence-corrected chi connectivity index (χ3v) is 5.74. The molecule has 30 heavy (non-hydrogen) atoms. The number of carbonyl (C=O) groups excluding carboxylic acids is 1. The average molecular weight is 472 g/mol. The lowest BCUT2D eigenvalue weighted by Gasteiger charge is -2.33. The molecule has 8 heteroatoms. The van der Waals surface area contributed by atoms with Crippen LogP contribution in [0.25, 0.3) is 5.52 Å². The standard InChI is InChI=1S/C22H26BrN5O2/c1-22(2,3)30-21(29)27-12-10-16(11-13-27)15-4-6-17(7-5-15)25-20-24-14-18-8-9-19(23)28(18)26-20/h4-9,14,16H,10-13H2,1-3H3,(H,25,26). The summed E-state index contributed by atoms with van der Waals surface area (Å²) in [6.45, 7) is 7.13. The van der Waals surface area contributed by atoms with Crippen molar-refractivity contribution in [1.29, 1.82) is 0 Å². The number of ether oxygens (including phenoxy) is 1. The van der Waals surface area contributed by atoms with Crippen molar-refractivity contribution in [3.05, 3.63) is 52.8 Å². The van der Waals surface area contributed by atoms with E-state index in [1.54, 1.807) is 10.7 Å². The zero-order chi connectivity index (χ0) is 21.3. The van der Waals surface area contributed by atoms with Crippen molar-refractivity contribution < 1.29 is 9.53 Å². The first-order valence-electron chi connectivity index (χ1n) is 10.1. The molecule has 0 aliphatic carbocycles. The highest BCUT2D eigenvalue weighted by atomic mass is 79.9. The van der Waals surface area contributed by atoms with Crippen molar-refractivity contribution in [1.82, 2.24) is 19.5 Å². The molecule has 1 amide bonds. The molecule has 0 unspecified atom stereocenters. The van der Waals surface area contributed by atoms with E-state index in [0.29, 0.717) is 11.9 Å². The van der Waals surface area contributed by atoms with E-state index < -0.39 is 5.60 Å². The van der Waals surface area contributed by atoms with Crippen LogP contribution >= 0.6 is 15.9 Å². The largest absolute Gasteiger partial charge is 0.444 e. The summed E-state index contributed by atoms with van der Waals surface area (Å²) >= 11 is 3.48. The second-order valence-electron chi connectivity index (χ2n) is 8.56. The van der Waals surface area contributed by atoms with Crippen LogP contribution in [0.1, 0.15) is 45.1 Å². The van der Waals surface area contributed by atoms with Crippen LogP contribution < -0.4 is 5.32 Å². The lowest BCUT2D eigenvalue weighted by Crippen LogP contribution is -2.41. The van der Waals surface area contributed by atoms with Gasteiger partial charge in [0.25, 0.3) is 0 Å². The second-order valence-corrected chi connectivity index (χ2v) is 9.38. The number of nitrogens with one attached hydrogen (secondary N) is 1. The summed E-state index contributed by atoms with van der Waals surface area (Å²) in [5, 5.41) is 7.74. The molecule has 1 aliphatic rings. The summed E-state index contributed by atoms with van der Waals surface area (Å²) < 4.78 is 8.16. The van der Waals surface area contributed by atoms with Crippen LogP contribution in [0.5, 0.6) is 0 Å². The third-order valence-electron chi connectivity index (χ3n) is 5.14. The molecule has 158 valence electrons. The maximum absolute atomic E-state index is 12.2. The van der Waals surface area contributed by atoms with E-state index in [-0.39, 0.29) is 6.09 Å². The minimum absolute atomic E-state index is 0.216. The Hall–Kier alpha value is -2.61. The van der Waals surface area contributed by atoms with Gasteiger partial charge in [-0.05, 0) is 85.3 Å². The molecule has 7 nitrogen and oxygen atoms in total. The van der Waals surface area contributed by atoms with E-state index in [0.717, 1.165) is 41.7 Å². The van der Waals surface area contributed by atoms with Crippen molar-refractivity contribution in [2.45, 2.75) is 45.1 Å². The average Bonchev–Trinajstić information content (AvgIpc) is 3.08. The molecule has 0 bridgehead atoms. The summed E-state index contributed by atoms with van der Waals surface area (Å²) in [5.41, 5.74) is 2.70. The fourth-order valence-corrected chi connectivity index (χ4v) is 4.03. The van der Waals surface area contributed by atoms with E-state index in [9.17, 15) is 4.79 Å². The summed E-state index contributed by atoms with van der Waals surface area (Å²) in [7, 11) is 0. The highest BCUT2D eigenvalue weighted by Gasteiger charge is 2.27. The van der Waals surface area contributed by atoms with Crippen LogP contribution in [-0.4, -0.2) is 44.3 Å². The zero-order valence-electron chi connectivity index (χ0n) is 17.4. The predicted molar refractivity (Wildman–Crippen MR) is 120 cm³/mol. The third kappa shape index (κ3) is 4.75. The Labute approximate surface area is 184 Å². The highest BCUT2D eigenvalue weighted by molar-refractivity contribution is 9.10. The number of carbonyl (C=O) groups is 1. The quantitative estimate of drug-likeness (QED) is 0.557. The van der Waals surface area contributed by atoms with Crippen molar-refractivity contribution in [2.75, 3.05) is 18.4 Å². The van der Waals surface area contributed by atoms with Gasteiger partial charge in [0, 0.05) is 18.8 Å². The molecule has 0 atom stereocenters. The number of benzene rings is 1. The number of aromatic nitrogens is 3. The molecule has 1 saturated heterocycles. The Morgan fingerprint density at radius 2 is 1.83 bits per heavy atom. The molecule has 1 aromatic carbocycles. The molecule has 1 fully saturated rings. The Kier molecular flexibility index (Phi) is 5.69. The van der Waals surface area contributed by atoms with Gasteiger partial charge in [0.05, 0.1) is 11.7 Å². The summed E-state index contributed by atoms with van der Waals surface area (Å²) in [5.74, 6) is 0.985. The van der Waals surface area contributed by atoms with Gasteiger partial charge < -0.3 is 15.0 Å². The molecule has 1 aliphatic heterocycles. The summed E-state index contributed by atoms with van der Waals surface area (Å²) in [6, 6.07) is 12.3. The molecule has 1 N–H and O–H groups in total. The first-order chi connectivity index (χ1) is 14.3. The number of hydrogen-bond acceptors (Lipinski definition) is 5. The second kappa shape index (κ2) is 8.26. The van der Waals surface area contributed by atoms with Crippen LogP contribution in [0.2, 0.25) is 0 Å². The number of hydrogen-bond donors (Lipinski definition) is 1. The maximum Gasteiger partial charge on any atom is 0.410 e. The van der Waals surface area contributed by atoms with Crippen molar-refractivity contribution in [2.24, 2.45) is 0 Å². The van der Waals surface area contributed by atoms with E-state index in [1.165, 1.54) is 5.56 Å². The Morgan fingerprint density at radius 3 is 2.50 bits per heavy atom. The molecule has 0 saturated carbocycles. The number of rotatable bonds is 3. The van der Waals surface area contributed by atoms with E-state index >= 15 is 0 Å². The van der Waals surface area contributed by atoms with Crippen LogP contribution in [0.3, 0.4) is 0 Å². The predicted octanol–water partition coefficient (Wildman–Crippen LogP) is 5.35. The van der Waals surface area contributed by atoms with E-state index in [2.05, 4.69) is 43.5 Å². The van der Waals surface area contributed by atoms with Gasteiger partial charge in [-0.3, -0.25) is 0 Å². The van der Waals surface area contributed by atoms with Crippen molar-refractivity contribution >= 4 is 39.2 Å². The van der Waals surface area contributed by atoms with Crippen molar-refractivity contribution in [3.8, 4) is 0 Å². The number of piperidine rings is 1. The summed E-state index contributed by atoms with van der Waals surface area (Å²) in [4.78, 5) is 18.4. The first-order valence-corrected chi connectivity index (χ1v) is 10.9. The van der Waals surface area contributed by atoms with Crippen LogP contribution in [0.15, 0.2) is 47.2 Å². The molecule has 2 aromatic heterocycles. The monoisotopic (exact) mass is 471 g/mol. The lowest BCUT2D eigenvalue weighted by molar-refractivity contribution is 0.0205. The minimum atomic E-state index is -0.456. The number of halogens is 1. The Bertz CT molecular complexity index is 1030. The Balaban J connectivity index is 1.36. The molecule has 4 rings (SSSR count). The van der Waals surface area contributed by atoms with E-state index in [1.807, 2.05) is 49.9 Å². The SMILES string of the molecule is CC(C)(C)OC(=O)N1CCC(c2ccc(Nc3ncc4ccc(Br)n4n3)cc2)CC1. The molecule has 3 aromatic rings. The lowest BCUT2D eigenvalue weighted by atomic mass is 9.89. The smallest absolute Gasteiger partial charge is 0.410 e. The van der Waals surface area contributed by atoms with Gasteiger partial charge in [0.1, 0.15) is 10.2 Å². The fourth-order valence-electron chi connectivity index (χ4n) is 3.62. The molecule has 0 radical (unpaired) electrons. The fraction of sp³-hybridized carbons (Fsp3) is 0.409. The molecular weight excluding hydrogens is 446 g/mol. The number of anilines is 2. The van der Waals surface area contributed by atoms with Crippen molar-refractivity contribution in [3.63, 3.8) is 0 Å². The van der Waals surface area contributed by atoms with Gasteiger partial charge in [0.2, 0.25) is 5.95 Å². The van der Waals surface area contributed by atoms with Gasteiger partial charge in [-0.15, -0.1) is 5.10 Å². The topological polar surface area (TPSA) is 71.8 Å². The number of amides is 1. The van der Waals surface area contributed by atoms with Crippen LogP contribution in [0, 0.1) is 0 Å². The van der Waals surface area contributed by atoms with Gasteiger partial charge >= 0.3 is 6.09 Å². The van der Waals surface area contributed by atoms with Gasteiger partial charge in [-0.1, -0.05) is 12.1 Å². The molecular formula is C22H26BrN5O2. The number of nitrogens with zero attached hydrogens (tertiary/aromatic N) is 4. The molecule has 0 spiro atoms. The van der Waals surface area contributed by atoms with Gasteiger partial charge in [0.15, 0.2) is 0 Å². The van der Waals surface area contributed by atoms with E-state index in [4.69, 9.17) is 4.74 Å². The molecule has 3 heterocycles. The van der Waals surface area contributed by atoms with Gasteiger partial charge in [-0.2, -0.15) is 0 Å². The van der Waals surface area contributed by atoms with Crippen LogP contribution in [-0.2, 0) is 4.74 Å². The highest BCUT2D eigenvalue weighted by Crippen LogP contribution is 2.30. The zero-order valence-corrected chi connectivity index (χ0v) is 19.0. The number of likely N-dealkylation sites (tertiary alicyclic amines) is 1. The maximum atomic E-state index is 12.2. The number of fused-ring (bicyclic) bond motifs is 1. The normalized spacial score (nSPS) is 15.4. The first kappa shape index (κ1) is 20.7.